The van der Waals surface area contributed by atoms with Crippen molar-refractivity contribution in [3.8, 4) is 0 Å². The number of aromatic nitrogens is 1. The molecule has 0 saturated heterocycles. The van der Waals surface area contributed by atoms with Crippen molar-refractivity contribution in [2.45, 2.75) is 43.7 Å². The summed E-state index contributed by atoms with van der Waals surface area (Å²) in [6, 6.07) is 6.90. The van der Waals surface area contributed by atoms with Crippen LogP contribution in [-0.2, 0) is 29.4 Å². The highest BCUT2D eigenvalue weighted by molar-refractivity contribution is 7.89. The molecular weight excluding hydrogens is 326 g/mol. The number of sulfonamides is 1. The number of nitrogens with zero attached hydrogens (tertiary/aromatic N) is 2. The van der Waals surface area contributed by atoms with Gasteiger partial charge < -0.3 is 9.42 Å². The highest BCUT2D eigenvalue weighted by atomic mass is 32.2. The number of fused-ring (bicyclic) bond motifs is 1. The zero-order valence-corrected chi connectivity index (χ0v) is 15.1. The number of nitrogens with one attached hydrogen (secondary N) is 1. The fraction of sp³-hybridized carbons (Fsp3) is 0.471. The molecule has 0 fully saturated rings. The van der Waals surface area contributed by atoms with Crippen LogP contribution >= 0.6 is 0 Å². The molecule has 1 heterocycles. The first-order valence-electron chi connectivity index (χ1n) is 8.06. The van der Waals surface area contributed by atoms with E-state index in [9.17, 15) is 8.42 Å². The van der Waals surface area contributed by atoms with Gasteiger partial charge in [0.25, 0.3) is 0 Å². The fourth-order valence-electron chi connectivity index (χ4n) is 3.13. The quantitative estimate of drug-likeness (QED) is 0.892. The summed E-state index contributed by atoms with van der Waals surface area (Å²) in [6.45, 7) is 2.50. The van der Waals surface area contributed by atoms with Gasteiger partial charge in [0.1, 0.15) is 11.5 Å². The topological polar surface area (TPSA) is 75.4 Å². The maximum absolute atomic E-state index is 12.7. The SMILES string of the molecule is Cc1ccccc1S(=O)(=O)NC1CCc2onc(CN(C)C)c2C1. The van der Waals surface area contributed by atoms with Gasteiger partial charge in [-0.3, -0.25) is 0 Å². The molecule has 1 N–H and O–H groups in total. The van der Waals surface area contributed by atoms with Crippen molar-refractivity contribution >= 4 is 10.0 Å². The third-order valence-electron chi connectivity index (χ3n) is 4.29. The summed E-state index contributed by atoms with van der Waals surface area (Å²) in [4.78, 5) is 2.37. The molecule has 0 aliphatic heterocycles. The van der Waals surface area contributed by atoms with Gasteiger partial charge in [-0.05, 0) is 45.5 Å². The van der Waals surface area contributed by atoms with E-state index in [0.29, 0.717) is 30.7 Å². The Balaban J connectivity index is 1.79. The molecule has 1 aliphatic rings. The zero-order chi connectivity index (χ0) is 17.3. The summed E-state index contributed by atoms with van der Waals surface area (Å²) < 4.78 is 33.6. The van der Waals surface area contributed by atoms with E-state index < -0.39 is 10.0 Å². The third-order valence-corrected chi connectivity index (χ3v) is 5.97. The molecular formula is C17H23N3O3S. The summed E-state index contributed by atoms with van der Waals surface area (Å²) in [6.07, 6.45) is 2.04. The van der Waals surface area contributed by atoms with Crippen molar-refractivity contribution in [3.05, 3.63) is 46.8 Å². The van der Waals surface area contributed by atoms with Gasteiger partial charge >= 0.3 is 0 Å². The smallest absolute Gasteiger partial charge is 0.241 e. The van der Waals surface area contributed by atoms with Crippen LogP contribution in [0.2, 0.25) is 0 Å². The monoisotopic (exact) mass is 349 g/mol. The van der Waals surface area contributed by atoms with Crippen LogP contribution < -0.4 is 4.72 Å². The maximum Gasteiger partial charge on any atom is 0.241 e. The van der Waals surface area contributed by atoms with Crippen LogP contribution in [0, 0.1) is 6.92 Å². The van der Waals surface area contributed by atoms with Gasteiger partial charge in [-0.1, -0.05) is 23.4 Å². The predicted octanol–water partition coefficient (Wildman–Crippen LogP) is 1.88. The van der Waals surface area contributed by atoms with Crippen LogP contribution in [0.4, 0.5) is 0 Å². The highest BCUT2D eigenvalue weighted by Gasteiger charge is 2.29. The lowest BCUT2D eigenvalue weighted by atomic mass is 9.92. The van der Waals surface area contributed by atoms with Gasteiger partial charge in [0.15, 0.2) is 0 Å². The molecule has 2 aromatic rings. The molecule has 0 saturated carbocycles. The lowest BCUT2D eigenvalue weighted by Gasteiger charge is -2.23. The molecule has 6 nitrogen and oxygen atoms in total. The van der Waals surface area contributed by atoms with E-state index in [1.54, 1.807) is 12.1 Å². The van der Waals surface area contributed by atoms with Crippen molar-refractivity contribution in [1.29, 1.82) is 0 Å². The number of hydrogen-bond donors (Lipinski definition) is 1. The lowest BCUT2D eigenvalue weighted by molar-refractivity contribution is 0.343. The fourth-order valence-corrected chi connectivity index (χ4v) is 4.65. The Morgan fingerprint density at radius 1 is 1.33 bits per heavy atom. The van der Waals surface area contributed by atoms with E-state index in [2.05, 4.69) is 9.88 Å². The van der Waals surface area contributed by atoms with E-state index in [4.69, 9.17) is 4.52 Å². The van der Waals surface area contributed by atoms with Crippen molar-refractivity contribution in [1.82, 2.24) is 14.8 Å². The van der Waals surface area contributed by atoms with Gasteiger partial charge in [0.2, 0.25) is 10.0 Å². The normalized spacial score (nSPS) is 17.9. The maximum atomic E-state index is 12.7. The molecule has 1 aromatic carbocycles. The molecule has 1 aromatic heterocycles. The molecule has 1 atom stereocenters. The molecule has 7 heteroatoms. The standard InChI is InChI=1S/C17H23N3O3S/c1-12-6-4-5-7-17(12)24(21,22)19-13-8-9-16-14(10-13)15(18-23-16)11-20(2)3/h4-7,13,19H,8-11H2,1-3H3. The predicted molar refractivity (Wildman–Crippen MR) is 91.2 cm³/mol. The second-order valence-electron chi connectivity index (χ2n) is 6.60. The Hall–Kier alpha value is -1.70. The molecule has 0 bridgehead atoms. The summed E-state index contributed by atoms with van der Waals surface area (Å²) in [5.41, 5.74) is 2.70. The van der Waals surface area contributed by atoms with Crippen LogP contribution in [0.3, 0.4) is 0 Å². The zero-order valence-electron chi connectivity index (χ0n) is 14.2. The minimum atomic E-state index is -3.52. The van der Waals surface area contributed by atoms with E-state index in [0.717, 1.165) is 22.6 Å². The van der Waals surface area contributed by atoms with Gasteiger partial charge in [0.05, 0.1) is 4.90 Å². The molecule has 24 heavy (non-hydrogen) atoms. The molecule has 1 aliphatic carbocycles. The first kappa shape index (κ1) is 17.1. The number of aryl methyl sites for hydroxylation is 2. The molecule has 1 unspecified atom stereocenters. The van der Waals surface area contributed by atoms with Crippen LogP contribution in [0.1, 0.15) is 29.0 Å². The molecule has 0 spiro atoms. The minimum absolute atomic E-state index is 0.137. The van der Waals surface area contributed by atoms with Gasteiger partial charge in [0, 0.05) is 24.6 Å². The molecule has 0 amide bonds. The molecule has 130 valence electrons. The Bertz CT molecular complexity index is 827. The number of rotatable bonds is 5. The molecule has 0 radical (unpaired) electrons. The van der Waals surface area contributed by atoms with E-state index >= 15 is 0 Å². The highest BCUT2D eigenvalue weighted by Crippen LogP contribution is 2.26. The summed E-state index contributed by atoms with van der Waals surface area (Å²) in [5, 5.41) is 4.15. The minimum Gasteiger partial charge on any atom is -0.361 e. The van der Waals surface area contributed by atoms with Crippen molar-refractivity contribution in [2.24, 2.45) is 0 Å². The number of benzene rings is 1. The lowest BCUT2D eigenvalue weighted by Crippen LogP contribution is -2.39. The molecule has 3 rings (SSSR count). The summed E-state index contributed by atoms with van der Waals surface area (Å²) >= 11 is 0. The number of hydrogen-bond acceptors (Lipinski definition) is 5. The van der Waals surface area contributed by atoms with Crippen LogP contribution in [0.5, 0.6) is 0 Å². The van der Waals surface area contributed by atoms with Crippen LogP contribution in [0.15, 0.2) is 33.7 Å². The average Bonchev–Trinajstić information content (AvgIpc) is 2.89. The van der Waals surface area contributed by atoms with Gasteiger partial charge in [-0.15, -0.1) is 0 Å². The first-order valence-corrected chi connectivity index (χ1v) is 9.54. The Kier molecular flexibility index (Phi) is 4.76. The van der Waals surface area contributed by atoms with Crippen LogP contribution in [-0.4, -0.2) is 38.6 Å². The second-order valence-corrected chi connectivity index (χ2v) is 8.28. The summed E-state index contributed by atoms with van der Waals surface area (Å²) in [7, 11) is 0.425. The third kappa shape index (κ3) is 3.53. The Morgan fingerprint density at radius 3 is 2.79 bits per heavy atom. The van der Waals surface area contributed by atoms with E-state index in [-0.39, 0.29) is 6.04 Å². The Morgan fingerprint density at radius 2 is 2.08 bits per heavy atom. The first-order chi connectivity index (χ1) is 11.4. The van der Waals surface area contributed by atoms with E-state index in [1.807, 2.05) is 38.1 Å². The van der Waals surface area contributed by atoms with E-state index in [1.165, 1.54) is 0 Å². The van der Waals surface area contributed by atoms with Crippen molar-refractivity contribution < 1.29 is 12.9 Å². The van der Waals surface area contributed by atoms with Crippen LogP contribution in [0.25, 0.3) is 0 Å². The van der Waals surface area contributed by atoms with Gasteiger partial charge in [-0.2, -0.15) is 0 Å². The largest absolute Gasteiger partial charge is 0.361 e. The van der Waals surface area contributed by atoms with Crippen molar-refractivity contribution in [3.63, 3.8) is 0 Å². The van der Waals surface area contributed by atoms with Gasteiger partial charge in [-0.25, -0.2) is 13.1 Å². The second kappa shape index (κ2) is 6.66. The van der Waals surface area contributed by atoms with Crippen molar-refractivity contribution in [2.75, 3.05) is 14.1 Å². The average molecular weight is 349 g/mol. The Labute approximate surface area is 142 Å². The summed E-state index contributed by atoms with van der Waals surface area (Å²) in [5.74, 6) is 0.887.